The molecule has 98 valence electrons. The first-order chi connectivity index (χ1) is 7.66. The second-order valence-corrected chi connectivity index (χ2v) is 4.51. The number of likely N-dealkylation sites (N-methyl/N-ethyl adjacent to an activating group) is 1. The van der Waals surface area contributed by atoms with Crippen LogP contribution in [0.3, 0.4) is 0 Å². The highest BCUT2D eigenvalue weighted by Gasteiger charge is 1.97. The first-order valence-corrected chi connectivity index (χ1v) is 6.12. The molecule has 0 amide bonds. The molecule has 4 heteroatoms. The van der Waals surface area contributed by atoms with E-state index in [0.29, 0.717) is 5.92 Å². The van der Waals surface area contributed by atoms with E-state index in [4.69, 9.17) is 9.47 Å². The smallest absolute Gasteiger partial charge is 0.0591 e. The molecule has 0 bridgehead atoms. The predicted octanol–water partition coefficient (Wildman–Crippen LogP) is 0.827. The minimum atomic E-state index is 0.625. The molecule has 0 aromatic rings. The van der Waals surface area contributed by atoms with Gasteiger partial charge < -0.3 is 19.7 Å². The van der Waals surface area contributed by atoms with Crippen LogP contribution in [-0.2, 0) is 9.47 Å². The lowest BCUT2D eigenvalue weighted by Gasteiger charge is -2.16. The Kier molecular flexibility index (Phi) is 11.2. The molecule has 0 saturated carbocycles. The van der Waals surface area contributed by atoms with E-state index in [0.717, 1.165) is 46.0 Å². The molecule has 1 N–H and O–H groups in total. The number of nitrogens with zero attached hydrogens (tertiary/aromatic N) is 1. The van der Waals surface area contributed by atoms with Crippen LogP contribution in [0.1, 0.15) is 13.8 Å². The van der Waals surface area contributed by atoms with E-state index in [9.17, 15) is 0 Å². The fourth-order valence-corrected chi connectivity index (χ4v) is 1.22. The van der Waals surface area contributed by atoms with Gasteiger partial charge in [0.2, 0.25) is 0 Å². The fourth-order valence-electron chi connectivity index (χ4n) is 1.22. The summed E-state index contributed by atoms with van der Waals surface area (Å²) in [6.07, 6.45) is 0. The second kappa shape index (κ2) is 11.3. The molecular weight excluding hydrogens is 204 g/mol. The molecule has 0 saturated heterocycles. The molecule has 0 heterocycles. The summed E-state index contributed by atoms with van der Waals surface area (Å²) in [6.45, 7) is 10.8. The maximum atomic E-state index is 5.47. The largest absolute Gasteiger partial charge is 0.383 e. The number of ether oxygens (including phenoxy) is 2. The first-order valence-electron chi connectivity index (χ1n) is 6.12. The van der Waals surface area contributed by atoms with Crippen molar-refractivity contribution in [2.45, 2.75) is 13.8 Å². The van der Waals surface area contributed by atoms with Gasteiger partial charge in [-0.05, 0) is 13.0 Å². The standard InChI is InChI=1S/C12H28N2O2/c1-12(2)11-16-9-6-13-5-7-14(3)8-10-15-4/h12-13H,5-11H2,1-4H3. The lowest BCUT2D eigenvalue weighted by atomic mass is 10.2. The molecule has 0 atom stereocenters. The van der Waals surface area contributed by atoms with Crippen LogP contribution < -0.4 is 5.32 Å². The number of hydrogen-bond acceptors (Lipinski definition) is 4. The van der Waals surface area contributed by atoms with E-state index in [-0.39, 0.29) is 0 Å². The topological polar surface area (TPSA) is 33.7 Å². The Morgan fingerprint density at radius 3 is 2.50 bits per heavy atom. The Hall–Kier alpha value is -0.160. The third-order valence-electron chi connectivity index (χ3n) is 2.22. The molecule has 0 fully saturated rings. The Bertz CT molecular complexity index is 143. The highest BCUT2D eigenvalue weighted by molar-refractivity contribution is 4.54. The summed E-state index contributed by atoms with van der Waals surface area (Å²) < 4.78 is 10.5. The van der Waals surface area contributed by atoms with Crippen molar-refractivity contribution in [1.29, 1.82) is 0 Å². The maximum absolute atomic E-state index is 5.47. The number of methoxy groups -OCH3 is 1. The van der Waals surface area contributed by atoms with Crippen molar-refractivity contribution in [3.63, 3.8) is 0 Å². The third-order valence-corrected chi connectivity index (χ3v) is 2.22. The molecule has 0 radical (unpaired) electrons. The Balaban J connectivity index is 3.08. The molecule has 16 heavy (non-hydrogen) atoms. The van der Waals surface area contributed by atoms with Crippen molar-refractivity contribution in [3.05, 3.63) is 0 Å². The van der Waals surface area contributed by atoms with Gasteiger partial charge in [-0.15, -0.1) is 0 Å². The molecule has 0 aromatic heterocycles. The summed E-state index contributed by atoms with van der Waals surface area (Å²) in [4.78, 5) is 2.26. The van der Waals surface area contributed by atoms with Gasteiger partial charge >= 0.3 is 0 Å². The molecular formula is C12H28N2O2. The minimum Gasteiger partial charge on any atom is -0.383 e. The molecule has 0 unspecified atom stereocenters. The summed E-state index contributed by atoms with van der Waals surface area (Å²) in [6, 6.07) is 0. The van der Waals surface area contributed by atoms with Crippen LogP contribution in [0.15, 0.2) is 0 Å². The number of rotatable bonds is 11. The Labute approximate surface area is 100 Å². The lowest BCUT2D eigenvalue weighted by molar-refractivity contribution is 0.111. The summed E-state index contributed by atoms with van der Waals surface area (Å²) >= 11 is 0. The van der Waals surface area contributed by atoms with Crippen molar-refractivity contribution >= 4 is 0 Å². The van der Waals surface area contributed by atoms with Gasteiger partial charge in [0.15, 0.2) is 0 Å². The maximum Gasteiger partial charge on any atom is 0.0591 e. The van der Waals surface area contributed by atoms with Crippen LogP contribution >= 0.6 is 0 Å². The van der Waals surface area contributed by atoms with Crippen molar-refractivity contribution in [3.8, 4) is 0 Å². The summed E-state index contributed by atoms with van der Waals surface area (Å²) in [5, 5.41) is 3.36. The van der Waals surface area contributed by atoms with Gasteiger partial charge in [0.1, 0.15) is 0 Å². The zero-order chi connectivity index (χ0) is 12.2. The van der Waals surface area contributed by atoms with E-state index >= 15 is 0 Å². The van der Waals surface area contributed by atoms with E-state index in [1.807, 2.05) is 0 Å². The Morgan fingerprint density at radius 1 is 1.12 bits per heavy atom. The van der Waals surface area contributed by atoms with E-state index in [1.54, 1.807) is 7.11 Å². The third kappa shape index (κ3) is 11.9. The molecule has 0 aliphatic heterocycles. The summed E-state index contributed by atoms with van der Waals surface area (Å²) in [5.74, 6) is 0.625. The quantitative estimate of drug-likeness (QED) is 0.535. The average Bonchev–Trinajstić information content (AvgIpc) is 2.24. The monoisotopic (exact) mass is 232 g/mol. The van der Waals surface area contributed by atoms with Gasteiger partial charge in [-0.3, -0.25) is 0 Å². The van der Waals surface area contributed by atoms with Crippen molar-refractivity contribution in [2.24, 2.45) is 5.92 Å². The molecule has 4 nitrogen and oxygen atoms in total. The van der Waals surface area contributed by atoms with E-state index in [2.05, 4.69) is 31.1 Å². The molecule has 0 aliphatic rings. The number of nitrogens with one attached hydrogen (secondary N) is 1. The van der Waals surface area contributed by atoms with Gasteiger partial charge in [0.25, 0.3) is 0 Å². The van der Waals surface area contributed by atoms with E-state index in [1.165, 1.54) is 0 Å². The van der Waals surface area contributed by atoms with Crippen LogP contribution in [-0.4, -0.2) is 65.1 Å². The van der Waals surface area contributed by atoms with Crippen LogP contribution in [0, 0.1) is 5.92 Å². The van der Waals surface area contributed by atoms with Gasteiger partial charge in [-0.2, -0.15) is 0 Å². The predicted molar refractivity (Wildman–Crippen MR) is 67.9 cm³/mol. The second-order valence-electron chi connectivity index (χ2n) is 4.51. The zero-order valence-corrected chi connectivity index (χ0v) is 11.3. The first kappa shape index (κ1) is 15.8. The molecule has 0 aliphatic carbocycles. The number of hydrogen-bond donors (Lipinski definition) is 1. The fraction of sp³-hybridized carbons (Fsp3) is 1.00. The molecule has 0 aromatic carbocycles. The van der Waals surface area contributed by atoms with Gasteiger partial charge in [0.05, 0.1) is 13.2 Å². The lowest BCUT2D eigenvalue weighted by Crippen LogP contribution is -2.32. The SMILES string of the molecule is COCCN(C)CCNCCOCC(C)C. The van der Waals surface area contributed by atoms with Crippen LogP contribution in [0.4, 0.5) is 0 Å². The summed E-state index contributed by atoms with van der Waals surface area (Å²) in [5.41, 5.74) is 0. The van der Waals surface area contributed by atoms with Gasteiger partial charge in [0, 0.05) is 39.9 Å². The van der Waals surface area contributed by atoms with Crippen molar-refractivity contribution < 1.29 is 9.47 Å². The Morgan fingerprint density at radius 2 is 1.88 bits per heavy atom. The average molecular weight is 232 g/mol. The van der Waals surface area contributed by atoms with Crippen LogP contribution in [0.2, 0.25) is 0 Å². The van der Waals surface area contributed by atoms with Gasteiger partial charge in [-0.1, -0.05) is 13.8 Å². The summed E-state index contributed by atoms with van der Waals surface area (Å²) in [7, 11) is 3.84. The van der Waals surface area contributed by atoms with Gasteiger partial charge in [-0.25, -0.2) is 0 Å². The molecule has 0 spiro atoms. The van der Waals surface area contributed by atoms with Crippen molar-refractivity contribution in [2.75, 3.05) is 60.2 Å². The van der Waals surface area contributed by atoms with Crippen molar-refractivity contribution in [1.82, 2.24) is 10.2 Å². The molecule has 0 rings (SSSR count). The minimum absolute atomic E-state index is 0.625. The van der Waals surface area contributed by atoms with Crippen LogP contribution in [0.25, 0.3) is 0 Å². The normalized spacial score (nSPS) is 11.6. The van der Waals surface area contributed by atoms with E-state index < -0.39 is 0 Å². The zero-order valence-electron chi connectivity index (χ0n) is 11.3. The highest BCUT2D eigenvalue weighted by atomic mass is 16.5. The van der Waals surface area contributed by atoms with Crippen LogP contribution in [0.5, 0.6) is 0 Å². The highest BCUT2D eigenvalue weighted by Crippen LogP contribution is 1.90.